The molecule has 2 aliphatic rings. The fourth-order valence-electron chi connectivity index (χ4n) is 5.92. The normalized spacial score (nSPS) is 23.2. The molecule has 1 saturated heterocycles. The highest BCUT2D eigenvalue weighted by Gasteiger charge is 2.47. The van der Waals surface area contributed by atoms with Crippen LogP contribution in [0.25, 0.3) is 22.4 Å². The molecule has 3 heterocycles. The van der Waals surface area contributed by atoms with Crippen molar-refractivity contribution in [3.8, 4) is 11.3 Å². The van der Waals surface area contributed by atoms with Gasteiger partial charge in [-0.3, -0.25) is 9.59 Å². The molecule has 1 saturated carbocycles. The highest BCUT2D eigenvalue weighted by Crippen LogP contribution is 2.40. The number of aliphatic hydroxyl groups is 1. The predicted molar refractivity (Wildman–Crippen MR) is 148 cm³/mol. The van der Waals surface area contributed by atoms with E-state index in [-0.39, 0.29) is 34.7 Å². The van der Waals surface area contributed by atoms with Crippen molar-refractivity contribution < 1.29 is 23.5 Å². The summed E-state index contributed by atoms with van der Waals surface area (Å²) in [6.45, 7) is 14.9. The average molecular weight is 536 g/mol. The zero-order chi connectivity index (χ0) is 28.5. The smallest absolute Gasteiger partial charge is 0.290 e. The van der Waals surface area contributed by atoms with E-state index in [0.29, 0.717) is 54.8 Å². The molecule has 0 unspecified atom stereocenters. The number of aromatic nitrogens is 1. The van der Waals surface area contributed by atoms with Gasteiger partial charge >= 0.3 is 0 Å². The number of furan rings is 1. The zero-order valence-corrected chi connectivity index (χ0v) is 23.9. The van der Waals surface area contributed by atoms with E-state index in [1.807, 2.05) is 24.8 Å². The summed E-state index contributed by atoms with van der Waals surface area (Å²) in [6.07, 6.45) is 0.958. The lowest BCUT2D eigenvalue weighted by Gasteiger charge is -2.49. The van der Waals surface area contributed by atoms with E-state index in [1.54, 1.807) is 36.9 Å². The molecule has 1 N–H and O–H groups in total. The summed E-state index contributed by atoms with van der Waals surface area (Å²) in [4.78, 5) is 35.2. The van der Waals surface area contributed by atoms with E-state index in [9.17, 15) is 19.1 Å². The van der Waals surface area contributed by atoms with Gasteiger partial charge in [0.1, 0.15) is 11.3 Å². The minimum Gasteiger partial charge on any atom is -0.449 e. The van der Waals surface area contributed by atoms with Crippen LogP contribution in [0.1, 0.15) is 76.1 Å². The Hall–Kier alpha value is -3.26. The maximum Gasteiger partial charge on any atom is 0.290 e. The molecule has 2 amide bonds. The van der Waals surface area contributed by atoms with Crippen molar-refractivity contribution in [1.29, 1.82) is 0 Å². The van der Waals surface area contributed by atoms with E-state index in [0.717, 1.165) is 11.1 Å². The first-order valence-electron chi connectivity index (χ1n) is 13.6. The highest BCUT2D eigenvalue weighted by atomic mass is 19.1. The number of rotatable bonds is 3. The van der Waals surface area contributed by atoms with Crippen LogP contribution in [0.3, 0.4) is 0 Å². The third kappa shape index (κ3) is 5.07. The lowest BCUT2D eigenvalue weighted by atomic mass is 9.71. The Morgan fingerprint density at radius 3 is 2.38 bits per heavy atom. The summed E-state index contributed by atoms with van der Waals surface area (Å²) in [5.74, 6) is -0.410. The number of amides is 2. The predicted octanol–water partition coefficient (Wildman–Crippen LogP) is 5.46. The molecule has 5 rings (SSSR count). The summed E-state index contributed by atoms with van der Waals surface area (Å²) >= 11 is 0. The number of fused-ring (bicyclic) bond motifs is 1. The SMILES string of the molecule is Cc1cc(-c2cc(C(C)(C)C)c3oc(C(=O)N4CCN(C(=O)C5CC(C)(O)C5)CC4(C)C)cc3n2)ccc1F. The molecule has 2 aromatic heterocycles. The quantitative estimate of drug-likeness (QED) is 0.481. The Labute approximate surface area is 229 Å². The lowest BCUT2D eigenvalue weighted by molar-refractivity contribution is -0.153. The molecule has 1 aliphatic carbocycles. The summed E-state index contributed by atoms with van der Waals surface area (Å²) in [5, 5.41) is 10.1. The number of halogens is 1. The fraction of sp³-hybridized carbons (Fsp3) is 0.516. The van der Waals surface area contributed by atoms with Crippen LogP contribution in [0, 0.1) is 18.7 Å². The van der Waals surface area contributed by atoms with Crippen molar-refractivity contribution in [3.05, 3.63) is 53.0 Å². The van der Waals surface area contributed by atoms with Gasteiger partial charge in [0.15, 0.2) is 11.3 Å². The molecule has 3 aromatic rings. The monoisotopic (exact) mass is 535 g/mol. The number of carbonyl (C=O) groups excluding carboxylic acids is 2. The molecular weight excluding hydrogens is 497 g/mol. The van der Waals surface area contributed by atoms with Crippen molar-refractivity contribution in [3.63, 3.8) is 0 Å². The maximum atomic E-state index is 13.9. The van der Waals surface area contributed by atoms with Gasteiger partial charge in [-0.05, 0) is 75.8 Å². The van der Waals surface area contributed by atoms with Crippen LogP contribution < -0.4 is 0 Å². The number of nitrogens with zero attached hydrogens (tertiary/aromatic N) is 3. The average Bonchev–Trinajstić information content (AvgIpc) is 3.25. The Morgan fingerprint density at radius 1 is 1.10 bits per heavy atom. The van der Waals surface area contributed by atoms with E-state index >= 15 is 0 Å². The second-order valence-corrected chi connectivity index (χ2v) is 13.2. The Morgan fingerprint density at radius 2 is 1.79 bits per heavy atom. The van der Waals surface area contributed by atoms with Gasteiger partial charge in [0.25, 0.3) is 5.91 Å². The number of hydrogen-bond acceptors (Lipinski definition) is 5. The van der Waals surface area contributed by atoms with Gasteiger partial charge in [0.05, 0.1) is 16.8 Å². The Balaban J connectivity index is 1.44. The standard InChI is InChI=1S/C31H38FN3O4/c1-18-12-19(8-9-22(18)32)23-13-21(29(2,3)4)26-24(33-23)14-25(39-26)28(37)35-11-10-34(17-30(35,5)6)27(36)20-15-31(7,38)16-20/h8-9,12-14,20,38H,10-11,15-17H2,1-7H3. The van der Waals surface area contributed by atoms with Crippen molar-refractivity contribution in [2.75, 3.05) is 19.6 Å². The lowest BCUT2D eigenvalue weighted by Crippen LogP contribution is -2.63. The van der Waals surface area contributed by atoms with Crippen LogP contribution in [0.5, 0.6) is 0 Å². The minimum atomic E-state index is -0.760. The molecular formula is C31H38FN3O4. The Kier molecular flexibility index (Phi) is 6.41. The largest absolute Gasteiger partial charge is 0.449 e. The van der Waals surface area contributed by atoms with Gasteiger partial charge in [-0.25, -0.2) is 9.37 Å². The third-order valence-electron chi connectivity index (χ3n) is 8.13. The minimum absolute atomic E-state index is 0.0491. The molecule has 2 fully saturated rings. The molecule has 8 heteroatoms. The van der Waals surface area contributed by atoms with Crippen LogP contribution in [0.15, 0.2) is 34.7 Å². The van der Waals surface area contributed by atoms with Crippen molar-refractivity contribution >= 4 is 22.9 Å². The maximum absolute atomic E-state index is 13.9. The first-order valence-corrected chi connectivity index (χ1v) is 13.6. The topological polar surface area (TPSA) is 86.9 Å². The van der Waals surface area contributed by atoms with Gasteiger partial charge in [0.2, 0.25) is 5.91 Å². The van der Waals surface area contributed by atoms with Crippen molar-refractivity contribution in [2.24, 2.45) is 5.92 Å². The molecule has 7 nitrogen and oxygen atoms in total. The van der Waals surface area contributed by atoms with E-state index in [1.165, 1.54) is 6.07 Å². The summed E-state index contributed by atoms with van der Waals surface area (Å²) in [7, 11) is 0. The third-order valence-corrected chi connectivity index (χ3v) is 8.13. The second-order valence-electron chi connectivity index (χ2n) is 13.2. The van der Waals surface area contributed by atoms with E-state index < -0.39 is 11.1 Å². The van der Waals surface area contributed by atoms with Gasteiger partial charge in [-0.15, -0.1) is 0 Å². The molecule has 208 valence electrons. The molecule has 0 spiro atoms. The van der Waals surface area contributed by atoms with Gasteiger partial charge in [-0.2, -0.15) is 0 Å². The number of aryl methyl sites for hydroxylation is 1. The number of pyridine rings is 1. The van der Waals surface area contributed by atoms with Crippen LogP contribution in [-0.4, -0.2) is 62.5 Å². The number of benzene rings is 1. The van der Waals surface area contributed by atoms with Crippen LogP contribution in [0.2, 0.25) is 0 Å². The van der Waals surface area contributed by atoms with E-state index in [4.69, 9.17) is 9.40 Å². The number of hydrogen-bond donors (Lipinski definition) is 1. The van der Waals surface area contributed by atoms with Crippen LogP contribution in [-0.2, 0) is 10.2 Å². The van der Waals surface area contributed by atoms with E-state index in [2.05, 4.69) is 20.8 Å². The van der Waals surface area contributed by atoms with Gasteiger partial charge in [0, 0.05) is 42.7 Å². The van der Waals surface area contributed by atoms with Crippen LogP contribution >= 0.6 is 0 Å². The first kappa shape index (κ1) is 27.3. The summed E-state index contributed by atoms with van der Waals surface area (Å²) in [6, 6.07) is 8.58. The summed E-state index contributed by atoms with van der Waals surface area (Å²) < 4.78 is 20.1. The number of carbonyl (C=O) groups is 2. The number of piperazine rings is 1. The fourth-order valence-corrected chi connectivity index (χ4v) is 5.92. The van der Waals surface area contributed by atoms with Crippen molar-refractivity contribution in [2.45, 2.75) is 77.9 Å². The molecule has 0 atom stereocenters. The molecule has 1 aliphatic heterocycles. The van der Waals surface area contributed by atoms with Gasteiger partial charge < -0.3 is 19.3 Å². The molecule has 1 aromatic carbocycles. The van der Waals surface area contributed by atoms with Crippen LogP contribution in [0.4, 0.5) is 4.39 Å². The van der Waals surface area contributed by atoms with Crippen molar-refractivity contribution in [1.82, 2.24) is 14.8 Å². The molecule has 39 heavy (non-hydrogen) atoms. The van der Waals surface area contributed by atoms with Gasteiger partial charge in [-0.1, -0.05) is 20.8 Å². The second kappa shape index (κ2) is 9.15. The summed E-state index contributed by atoms with van der Waals surface area (Å²) in [5.41, 5.74) is 2.43. The zero-order valence-electron chi connectivity index (χ0n) is 23.9. The molecule has 0 bridgehead atoms. The highest BCUT2D eigenvalue weighted by molar-refractivity contribution is 5.97. The molecule has 0 radical (unpaired) electrons. The Bertz CT molecular complexity index is 1460. The first-order chi connectivity index (χ1) is 18.1.